The number of nitrogens with zero attached hydrogens (tertiary/aromatic N) is 4. The summed E-state index contributed by atoms with van der Waals surface area (Å²) in [6, 6.07) is 0. The molecule has 0 saturated heterocycles. The first-order valence-electron chi connectivity index (χ1n) is 7.45. The number of imidazole rings is 1. The van der Waals surface area contributed by atoms with E-state index < -0.39 is 23.7 Å². The van der Waals surface area contributed by atoms with Crippen molar-refractivity contribution >= 4 is 11.2 Å². The Morgan fingerprint density at radius 1 is 1.40 bits per heavy atom. The monoisotopic (exact) mass is 282 g/mol. The van der Waals surface area contributed by atoms with Gasteiger partial charge in [-0.05, 0) is 26.1 Å². The lowest BCUT2D eigenvalue weighted by Gasteiger charge is -2.09. The van der Waals surface area contributed by atoms with Crippen LogP contribution in [0.1, 0.15) is 28.9 Å². The van der Waals surface area contributed by atoms with Crippen molar-refractivity contribution in [1.29, 1.82) is 0 Å². The highest BCUT2D eigenvalue weighted by Gasteiger charge is 2.14. The molecule has 110 valence electrons. The zero-order chi connectivity index (χ0) is 16.7. The van der Waals surface area contributed by atoms with Gasteiger partial charge in [-0.3, -0.25) is 13.9 Å². The third-order valence-corrected chi connectivity index (χ3v) is 3.20. The molecule has 2 aromatic heterocycles. The van der Waals surface area contributed by atoms with Crippen LogP contribution < -0.4 is 11.2 Å². The van der Waals surface area contributed by atoms with Crippen molar-refractivity contribution in [1.82, 2.24) is 18.7 Å². The van der Waals surface area contributed by atoms with Crippen molar-refractivity contribution in [2.45, 2.75) is 38.8 Å². The minimum absolute atomic E-state index is 0.0592. The highest BCUT2D eigenvalue weighted by molar-refractivity contribution is 5.69. The summed E-state index contributed by atoms with van der Waals surface area (Å²) in [6.07, 6.45) is -1.04. The van der Waals surface area contributed by atoms with Crippen molar-refractivity contribution in [2.24, 2.45) is 14.1 Å². The second-order valence-corrected chi connectivity index (χ2v) is 4.81. The van der Waals surface area contributed by atoms with Crippen molar-refractivity contribution in [3.63, 3.8) is 0 Å². The van der Waals surface area contributed by atoms with Crippen LogP contribution in [0.4, 0.5) is 0 Å². The van der Waals surface area contributed by atoms with E-state index in [0.717, 1.165) is 4.57 Å². The van der Waals surface area contributed by atoms with Crippen LogP contribution >= 0.6 is 0 Å². The van der Waals surface area contributed by atoms with Crippen LogP contribution in [0.5, 0.6) is 0 Å². The molecule has 0 fully saturated rings. The quantitative estimate of drug-likeness (QED) is 0.836. The summed E-state index contributed by atoms with van der Waals surface area (Å²) < 4.78 is 19.3. The maximum Gasteiger partial charge on any atom is 0.332 e. The van der Waals surface area contributed by atoms with Gasteiger partial charge in [-0.2, -0.15) is 0 Å². The molecular formula is C13H20N4O3. The zero-order valence-corrected chi connectivity index (χ0v) is 11.8. The highest BCUT2D eigenvalue weighted by atomic mass is 16.3. The number of aryl methyl sites for hydroxylation is 2. The van der Waals surface area contributed by atoms with E-state index in [2.05, 4.69) is 4.98 Å². The molecule has 0 amide bonds. The lowest BCUT2D eigenvalue weighted by atomic mass is 10.2. The van der Waals surface area contributed by atoms with E-state index in [0.29, 0.717) is 11.2 Å². The number of hydrogen-bond donors (Lipinski definition) is 1. The summed E-state index contributed by atoms with van der Waals surface area (Å²) in [4.78, 5) is 28.7. The largest absolute Gasteiger partial charge is 0.393 e. The fraction of sp³-hybridized carbons (Fsp3) is 0.615. The van der Waals surface area contributed by atoms with E-state index in [1.165, 1.54) is 17.8 Å². The number of rotatable bonds is 5. The maximum atomic E-state index is 12.4. The molecular weight excluding hydrogens is 260 g/mol. The van der Waals surface area contributed by atoms with Gasteiger partial charge in [0.15, 0.2) is 11.2 Å². The average molecular weight is 282 g/mol. The second-order valence-electron chi connectivity index (χ2n) is 4.81. The molecule has 0 bridgehead atoms. The average Bonchev–Trinajstić information content (AvgIpc) is 2.82. The second kappa shape index (κ2) is 5.62. The number of aromatic nitrogens is 4. The van der Waals surface area contributed by atoms with Crippen LogP contribution in [0, 0.1) is 0 Å². The van der Waals surface area contributed by atoms with E-state index in [4.69, 9.17) is 2.74 Å². The Bertz CT molecular complexity index is 804. The fourth-order valence-corrected chi connectivity index (χ4v) is 2.14. The zero-order valence-electron chi connectivity index (χ0n) is 13.8. The Morgan fingerprint density at radius 2 is 2.10 bits per heavy atom. The van der Waals surface area contributed by atoms with Gasteiger partial charge >= 0.3 is 5.69 Å². The van der Waals surface area contributed by atoms with Crippen LogP contribution in [0.15, 0.2) is 15.9 Å². The normalized spacial score (nSPS) is 15.2. The molecule has 2 rings (SSSR count). The minimum atomic E-state index is -1.74. The van der Waals surface area contributed by atoms with E-state index in [9.17, 15) is 14.7 Å². The van der Waals surface area contributed by atoms with Crippen LogP contribution in [0.25, 0.3) is 11.2 Å². The number of hydrogen-bond acceptors (Lipinski definition) is 4. The highest BCUT2D eigenvalue weighted by Crippen LogP contribution is 2.04. The summed E-state index contributed by atoms with van der Waals surface area (Å²) >= 11 is 0. The van der Waals surface area contributed by atoms with E-state index in [1.54, 1.807) is 18.7 Å². The number of fused-ring (bicyclic) bond motifs is 1. The topological polar surface area (TPSA) is 82.0 Å². The van der Waals surface area contributed by atoms with Gasteiger partial charge < -0.3 is 9.67 Å². The lowest BCUT2D eigenvalue weighted by molar-refractivity contribution is 0.180. The van der Waals surface area contributed by atoms with Gasteiger partial charge in [0.1, 0.15) is 0 Å². The third kappa shape index (κ3) is 2.53. The van der Waals surface area contributed by atoms with Crippen molar-refractivity contribution in [2.75, 3.05) is 0 Å². The van der Waals surface area contributed by atoms with Gasteiger partial charge in [-0.25, -0.2) is 9.78 Å². The molecule has 20 heavy (non-hydrogen) atoms. The molecule has 0 saturated carbocycles. The lowest BCUT2D eigenvalue weighted by Crippen LogP contribution is -2.39. The maximum absolute atomic E-state index is 12.4. The Hall–Kier alpha value is -1.89. The Kier molecular flexibility index (Phi) is 3.34. The molecule has 1 atom stereocenters. The number of aliphatic hydroxyl groups excluding tert-OH is 1. The summed E-state index contributed by atoms with van der Waals surface area (Å²) in [7, 11) is 3.22. The Morgan fingerprint density at radius 3 is 2.75 bits per heavy atom. The van der Waals surface area contributed by atoms with Crippen LogP contribution in [-0.2, 0) is 20.6 Å². The summed E-state index contributed by atoms with van der Waals surface area (Å²) in [5.74, 6) is 0. The minimum Gasteiger partial charge on any atom is -0.393 e. The molecule has 0 unspecified atom stereocenters. The third-order valence-electron chi connectivity index (χ3n) is 3.20. The van der Waals surface area contributed by atoms with E-state index in [-0.39, 0.29) is 19.4 Å². The molecule has 0 aliphatic heterocycles. The van der Waals surface area contributed by atoms with E-state index >= 15 is 0 Å². The first kappa shape index (κ1) is 11.9. The number of aliphatic hydroxyl groups is 1. The first-order valence-corrected chi connectivity index (χ1v) is 6.45. The summed E-state index contributed by atoms with van der Waals surface area (Å²) in [5, 5.41) is 9.36. The molecule has 0 aromatic carbocycles. The van der Waals surface area contributed by atoms with Crippen LogP contribution in [-0.4, -0.2) is 29.9 Å². The molecule has 2 heterocycles. The molecule has 7 heteroatoms. The Labute approximate surface area is 118 Å². The molecule has 0 aliphatic rings. The van der Waals surface area contributed by atoms with Gasteiger partial charge in [-0.1, -0.05) is 0 Å². The van der Waals surface area contributed by atoms with Gasteiger partial charge in [-0.15, -0.1) is 0 Å². The Balaban J connectivity index is 2.35. The van der Waals surface area contributed by atoms with Crippen LogP contribution in [0.3, 0.4) is 0 Å². The van der Waals surface area contributed by atoms with Gasteiger partial charge in [0.05, 0.1) is 12.4 Å². The smallest absolute Gasteiger partial charge is 0.332 e. The predicted octanol–water partition coefficient (Wildman–Crippen LogP) is -0.0152. The molecule has 0 aliphatic carbocycles. The SMILES string of the molecule is [2H]C([2H])(CCCn1c(=O)c2c(ncn2C)n(C)c1=O)[C@@H](C)O. The molecule has 7 nitrogen and oxygen atoms in total. The van der Waals surface area contributed by atoms with Crippen molar-refractivity contribution in [3.05, 3.63) is 27.2 Å². The van der Waals surface area contributed by atoms with E-state index in [1.807, 2.05) is 0 Å². The molecule has 0 radical (unpaired) electrons. The standard InChI is InChI=1S/C13H20N4O3/c1-9(18)6-4-5-7-17-12(19)10-11(14-8-15(10)2)16(3)13(17)20/h8-9,18H,4-7H2,1-3H3/t9-/m1/s1/i6D2. The van der Waals surface area contributed by atoms with Crippen molar-refractivity contribution in [3.8, 4) is 0 Å². The first-order chi connectivity index (χ1) is 10.2. The summed E-state index contributed by atoms with van der Waals surface area (Å²) in [5.41, 5.74) is -0.252. The molecule has 1 N–H and O–H groups in total. The van der Waals surface area contributed by atoms with Crippen LogP contribution in [0.2, 0.25) is 0 Å². The predicted molar refractivity (Wildman–Crippen MR) is 75.7 cm³/mol. The molecule has 2 aromatic rings. The molecule has 0 spiro atoms. The summed E-state index contributed by atoms with van der Waals surface area (Å²) in [6.45, 7) is 1.48. The van der Waals surface area contributed by atoms with Crippen molar-refractivity contribution < 1.29 is 7.85 Å². The van der Waals surface area contributed by atoms with Gasteiger partial charge in [0.25, 0.3) is 5.56 Å². The van der Waals surface area contributed by atoms with Gasteiger partial charge in [0, 0.05) is 23.4 Å². The van der Waals surface area contributed by atoms with Gasteiger partial charge in [0.2, 0.25) is 0 Å². The fourth-order valence-electron chi connectivity index (χ4n) is 2.14.